The summed E-state index contributed by atoms with van der Waals surface area (Å²) in [6.45, 7) is 0.257. The number of halogens is 2. The Balaban J connectivity index is 0.00000341. The number of nitrogens with zero attached hydrogens (tertiary/aromatic N) is 4. The number of sulfonamides is 1. The lowest BCUT2D eigenvalue weighted by Crippen LogP contribution is -2.26. The van der Waals surface area contributed by atoms with Crippen molar-refractivity contribution in [3.05, 3.63) is 70.0 Å². The quantitative estimate of drug-likeness (QED) is 0.525. The van der Waals surface area contributed by atoms with Gasteiger partial charge in [0.15, 0.2) is 0 Å². The van der Waals surface area contributed by atoms with Gasteiger partial charge < -0.3 is 5.73 Å². The van der Waals surface area contributed by atoms with Crippen molar-refractivity contribution in [1.82, 2.24) is 18.7 Å². The third-order valence-electron chi connectivity index (χ3n) is 4.47. The highest BCUT2D eigenvalue weighted by Crippen LogP contribution is 2.34. The number of thiophene rings is 1. The highest BCUT2D eigenvalue weighted by Gasteiger charge is 2.22. The molecule has 0 aliphatic rings. The van der Waals surface area contributed by atoms with Crippen LogP contribution in [0.3, 0.4) is 0 Å². The molecule has 0 atom stereocenters. The molecule has 31 heavy (non-hydrogen) atoms. The predicted molar refractivity (Wildman–Crippen MR) is 122 cm³/mol. The van der Waals surface area contributed by atoms with Crippen molar-refractivity contribution in [2.24, 2.45) is 5.73 Å². The van der Waals surface area contributed by atoms with Gasteiger partial charge in [-0.2, -0.15) is 5.10 Å². The number of hydrogen-bond acceptors (Lipinski definition) is 6. The zero-order valence-electron chi connectivity index (χ0n) is 16.9. The summed E-state index contributed by atoms with van der Waals surface area (Å²) >= 11 is 1.39. The monoisotopic (exact) mass is 487 g/mol. The van der Waals surface area contributed by atoms with Crippen LogP contribution < -0.4 is 11.4 Å². The van der Waals surface area contributed by atoms with Gasteiger partial charge in [0, 0.05) is 36.0 Å². The Morgan fingerprint density at radius 1 is 1.26 bits per heavy atom. The van der Waals surface area contributed by atoms with Gasteiger partial charge in [-0.05, 0) is 23.8 Å². The molecule has 0 saturated carbocycles. The van der Waals surface area contributed by atoms with Gasteiger partial charge in [-0.1, -0.05) is 18.2 Å². The molecular formula is C19H23ClFN5O3S2. The van der Waals surface area contributed by atoms with Crippen molar-refractivity contribution in [3.63, 3.8) is 0 Å². The van der Waals surface area contributed by atoms with Crippen molar-refractivity contribution in [1.29, 1.82) is 0 Å². The lowest BCUT2D eigenvalue weighted by Gasteiger charge is -2.14. The van der Waals surface area contributed by atoms with Crippen LogP contribution in [0.1, 0.15) is 4.88 Å². The maximum absolute atomic E-state index is 12.7. The maximum atomic E-state index is 12.7. The van der Waals surface area contributed by atoms with E-state index in [-0.39, 0.29) is 48.2 Å². The van der Waals surface area contributed by atoms with E-state index < -0.39 is 10.0 Å². The average molecular weight is 488 g/mol. The molecule has 2 aromatic heterocycles. The minimum Gasteiger partial charge on any atom is -0.327 e. The molecule has 0 aliphatic carbocycles. The first-order valence-electron chi connectivity index (χ1n) is 8.99. The van der Waals surface area contributed by atoms with Gasteiger partial charge in [0.25, 0.3) is 0 Å². The molecule has 1 aromatic carbocycles. The normalized spacial score (nSPS) is 12.2. The third kappa shape index (κ3) is 5.31. The van der Waals surface area contributed by atoms with E-state index in [0.29, 0.717) is 11.9 Å². The molecule has 0 saturated heterocycles. The van der Waals surface area contributed by atoms with Gasteiger partial charge in [-0.3, -0.25) is 4.57 Å². The Hall–Kier alpha value is -2.31. The van der Waals surface area contributed by atoms with Crippen LogP contribution in [0.5, 0.6) is 0 Å². The van der Waals surface area contributed by atoms with E-state index >= 15 is 0 Å². The molecule has 0 bridgehead atoms. The van der Waals surface area contributed by atoms with E-state index in [2.05, 4.69) is 5.10 Å². The molecule has 168 valence electrons. The van der Waals surface area contributed by atoms with Crippen LogP contribution in [0.4, 0.5) is 4.39 Å². The van der Waals surface area contributed by atoms with Crippen LogP contribution in [-0.4, -0.2) is 47.7 Å². The van der Waals surface area contributed by atoms with Crippen molar-refractivity contribution in [2.45, 2.75) is 18.0 Å². The summed E-state index contributed by atoms with van der Waals surface area (Å²) in [7, 11) is -0.619. The average Bonchev–Trinajstić information content (AvgIpc) is 3.34. The van der Waals surface area contributed by atoms with E-state index in [4.69, 9.17) is 5.73 Å². The molecule has 0 unspecified atom stereocenters. The lowest BCUT2D eigenvalue weighted by atomic mass is 10.2. The highest BCUT2D eigenvalue weighted by atomic mass is 35.5. The molecule has 2 N–H and O–H groups in total. The Morgan fingerprint density at radius 3 is 2.61 bits per heavy atom. The van der Waals surface area contributed by atoms with Crippen LogP contribution in [0.2, 0.25) is 0 Å². The molecule has 2 heterocycles. The largest absolute Gasteiger partial charge is 0.346 e. The van der Waals surface area contributed by atoms with E-state index in [1.54, 1.807) is 24.3 Å². The summed E-state index contributed by atoms with van der Waals surface area (Å²) in [5.41, 5.74) is 5.91. The first kappa shape index (κ1) is 25.0. The van der Waals surface area contributed by atoms with Crippen molar-refractivity contribution >= 4 is 33.8 Å². The minimum atomic E-state index is -3.60. The van der Waals surface area contributed by atoms with Gasteiger partial charge in [0.2, 0.25) is 10.0 Å². The Bertz CT molecular complexity index is 1230. The van der Waals surface area contributed by atoms with Crippen LogP contribution in [0.15, 0.2) is 64.3 Å². The molecule has 0 amide bonds. The molecular weight excluding hydrogens is 465 g/mol. The van der Waals surface area contributed by atoms with E-state index in [1.165, 1.54) is 40.6 Å². The SMILES string of the molecule is CN(C)S(=O)(=O)c1ccccc1-c1ccc(Cn2cnn(C/C(=C/F)CN)c2=O)s1.Cl. The summed E-state index contributed by atoms with van der Waals surface area (Å²) in [6, 6.07) is 10.5. The maximum Gasteiger partial charge on any atom is 0.346 e. The molecule has 0 aliphatic heterocycles. The summed E-state index contributed by atoms with van der Waals surface area (Å²) in [6.07, 6.45) is 1.77. The second kappa shape index (κ2) is 10.3. The first-order valence-corrected chi connectivity index (χ1v) is 11.2. The molecule has 3 rings (SSSR count). The number of nitrogens with two attached hydrogens (primary N) is 1. The predicted octanol–water partition coefficient (Wildman–Crippen LogP) is 2.31. The van der Waals surface area contributed by atoms with Crippen LogP contribution in [-0.2, 0) is 23.1 Å². The Kier molecular flexibility index (Phi) is 8.32. The van der Waals surface area contributed by atoms with Crippen LogP contribution in [0, 0.1) is 0 Å². The van der Waals surface area contributed by atoms with Crippen molar-refractivity contribution < 1.29 is 12.8 Å². The fraction of sp³-hybridized carbons (Fsp3) is 0.263. The molecule has 0 fully saturated rings. The first-order chi connectivity index (χ1) is 14.3. The topological polar surface area (TPSA) is 103 Å². The number of aromatic nitrogens is 3. The summed E-state index contributed by atoms with van der Waals surface area (Å²) in [5, 5.41) is 4.00. The van der Waals surface area contributed by atoms with Crippen LogP contribution >= 0.6 is 23.7 Å². The Morgan fingerprint density at radius 2 is 1.97 bits per heavy atom. The van der Waals surface area contributed by atoms with Gasteiger partial charge >= 0.3 is 5.69 Å². The number of hydrogen-bond donors (Lipinski definition) is 1. The fourth-order valence-corrected chi connectivity index (χ4v) is 5.00. The lowest BCUT2D eigenvalue weighted by molar-refractivity contribution is 0.521. The minimum absolute atomic E-state index is 0. The van der Waals surface area contributed by atoms with Crippen LogP contribution in [0.25, 0.3) is 10.4 Å². The summed E-state index contributed by atoms with van der Waals surface area (Å²) in [5.74, 6) is 0. The second-order valence-electron chi connectivity index (χ2n) is 6.72. The number of rotatable bonds is 8. The number of benzene rings is 1. The summed E-state index contributed by atoms with van der Waals surface area (Å²) < 4.78 is 41.7. The van der Waals surface area contributed by atoms with Crippen molar-refractivity contribution in [2.75, 3.05) is 20.6 Å². The molecule has 8 nitrogen and oxygen atoms in total. The van der Waals surface area contributed by atoms with Gasteiger partial charge in [-0.15, -0.1) is 23.7 Å². The Labute approximate surface area is 189 Å². The zero-order chi connectivity index (χ0) is 21.9. The second-order valence-corrected chi connectivity index (χ2v) is 10.0. The summed E-state index contributed by atoms with van der Waals surface area (Å²) in [4.78, 5) is 14.3. The molecule has 3 aromatic rings. The van der Waals surface area contributed by atoms with Gasteiger partial charge in [-0.25, -0.2) is 26.6 Å². The molecule has 0 spiro atoms. The standard InChI is InChI=1S/C19H22FN5O3S2.ClH/c1-23(2)30(27,28)18-6-4-3-5-16(18)17-8-7-15(29-17)12-24-13-22-25(19(24)26)11-14(9-20)10-21;/h3-9,13H,10-12,21H2,1-2H3;1H/b14-9+;. The molecule has 0 radical (unpaired) electrons. The highest BCUT2D eigenvalue weighted by molar-refractivity contribution is 7.89. The van der Waals surface area contributed by atoms with E-state index in [0.717, 1.165) is 14.4 Å². The fourth-order valence-electron chi connectivity index (χ4n) is 2.79. The zero-order valence-corrected chi connectivity index (χ0v) is 19.4. The van der Waals surface area contributed by atoms with Crippen molar-refractivity contribution in [3.8, 4) is 10.4 Å². The van der Waals surface area contributed by atoms with Gasteiger partial charge in [0.1, 0.15) is 6.33 Å². The smallest absolute Gasteiger partial charge is 0.327 e. The van der Waals surface area contributed by atoms with E-state index in [9.17, 15) is 17.6 Å². The van der Waals surface area contributed by atoms with Gasteiger partial charge in [0.05, 0.1) is 24.3 Å². The molecule has 12 heteroatoms. The van der Waals surface area contributed by atoms with E-state index in [1.807, 2.05) is 12.1 Å². The third-order valence-corrected chi connectivity index (χ3v) is 7.44.